The summed E-state index contributed by atoms with van der Waals surface area (Å²) in [6.45, 7) is 2.05. The van der Waals surface area contributed by atoms with Crippen LogP contribution in [0.5, 0.6) is 0 Å². The molecule has 0 aliphatic carbocycles. The molecule has 0 atom stereocenters. The van der Waals surface area contributed by atoms with Crippen LogP contribution < -0.4 is 0 Å². The molecule has 11 heavy (non-hydrogen) atoms. The third kappa shape index (κ3) is 6.97. The predicted molar refractivity (Wildman–Crippen MR) is 44.4 cm³/mol. The molecule has 0 aromatic carbocycles. The quantitative estimate of drug-likeness (QED) is 0.333. The van der Waals surface area contributed by atoms with Gasteiger partial charge in [0.1, 0.15) is 6.29 Å². The van der Waals surface area contributed by atoms with Crippen molar-refractivity contribution >= 4 is 12.1 Å². The Bertz CT molecular complexity index is 185. The van der Waals surface area contributed by atoms with Crippen molar-refractivity contribution in [1.29, 1.82) is 0 Å². The summed E-state index contributed by atoms with van der Waals surface area (Å²) in [5, 5.41) is 0. The minimum Gasteiger partial charge on any atom is -0.299 e. The summed E-state index contributed by atoms with van der Waals surface area (Å²) in [6, 6.07) is -0.180. The molecule has 62 valence electrons. The highest BCUT2D eigenvalue weighted by molar-refractivity contribution is 5.92. The van der Waals surface area contributed by atoms with Gasteiger partial charge < -0.3 is 0 Å². The molecule has 0 aromatic rings. The van der Waals surface area contributed by atoms with E-state index in [2.05, 4.69) is 0 Å². The van der Waals surface area contributed by atoms with Gasteiger partial charge in [0.25, 0.3) is 0 Å². The lowest BCUT2D eigenvalue weighted by atomic mass is 10.1. The zero-order valence-corrected chi connectivity index (χ0v) is 6.80. The van der Waals surface area contributed by atoms with Crippen molar-refractivity contribution in [2.75, 3.05) is 0 Å². The van der Waals surface area contributed by atoms with E-state index in [0.29, 0.717) is 12.7 Å². The van der Waals surface area contributed by atoms with Crippen LogP contribution in [-0.4, -0.2) is 12.1 Å². The first-order valence-electron chi connectivity index (χ1n) is 4.37. The molecular weight excluding hydrogens is 140 g/mol. The first-order chi connectivity index (χ1) is 5.72. The fourth-order valence-corrected chi connectivity index (χ4v) is 0.735. The Hall–Kier alpha value is -0.920. The van der Waals surface area contributed by atoms with Crippen molar-refractivity contribution in [3.05, 3.63) is 12.1 Å². The highest BCUT2D eigenvalue weighted by Gasteiger charge is 1.94. The maximum absolute atomic E-state index is 11.0. The normalized spacial score (nSPS) is 12.5. The third-order valence-corrected chi connectivity index (χ3v) is 1.32. The maximum atomic E-state index is 11.0. The number of carbonyl (C=O) groups is 2. The zero-order valence-electron chi connectivity index (χ0n) is 7.80. The standard InChI is InChI=1S/C9H14O2/c1-2-3-4-6-9(11)7-5-8-10/h5,7-8H,2-4,6H2,1H3/b7-5+/i7D. The molecule has 2 nitrogen and oxygen atoms in total. The summed E-state index contributed by atoms with van der Waals surface area (Å²) in [4.78, 5) is 20.9. The molecule has 0 bridgehead atoms. The van der Waals surface area contributed by atoms with E-state index in [1.165, 1.54) is 0 Å². The van der Waals surface area contributed by atoms with Gasteiger partial charge in [-0.15, -0.1) is 0 Å². The maximum Gasteiger partial charge on any atom is 0.155 e. The van der Waals surface area contributed by atoms with E-state index in [9.17, 15) is 9.59 Å². The molecule has 0 aliphatic rings. The lowest BCUT2D eigenvalue weighted by Gasteiger charge is -1.92. The Morgan fingerprint density at radius 2 is 2.27 bits per heavy atom. The van der Waals surface area contributed by atoms with Gasteiger partial charge >= 0.3 is 0 Å². The molecule has 0 saturated carbocycles. The minimum atomic E-state index is -0.240. The van der Waals surface area contributed by atoms with Gasteiger partial charge in [0, 0.05) is 6.42 Å². The Kier molecular flexibility index (Phi) is 5.35. The van der Waals surface area contributed by atoms with E-state index in [1.807, 2.05) is 6.92 Å². The number of carbonyl (C=O) groups excluding carboxylic acids is 2. The van der Waals surface area contributed by atoms with Gasteiger partial charge in [0.05, 0.1) is 1.37 Å². The molecule has 0 aromatic heterocycles. The Labute approximate surface area is 68.7 Å². The van der Waals surface area contributed by atoms with Crippen LogP contribution in [0, 0.1) is 0 Å². The van der Waals surface area contributed by atoms with Crippen molar-refractivity contribution in [3.8, 4) is 0 Å². The molecule has 0 heterocycles. The molecule has 0 aliphatic heterocycles. The first-order valence-corrected chi connectivity index (χ1v) is 3.87. The number of ketones is 1. The van der Waals surface area contributed by atoms with Crippen molar-refractivity contribution in [2.24, 2.45) is 0 Å². The van der Waals surface area contributed by atoms with Crippen LogP contribution >= 0.6 is 0 Å². The number of unbranched alkanes of at least 4 members (excludes halogenated alkanes) is 2. The second kappa shape index (κ2) is 7.19. The molecule has 0 N–H and O–H groups in total. The SMILES string of the molecule is [2H]/C(=C\C=O)C(=O)CCCCC. The Morgan fingerprint density at radius 3 is 2.82 bits per heavy atom. The van der Waals surface area contributed by atoms with Crippen LogP contribution in [-0.2, 0) is 9.59 Å². The van der Waals surface area contributed by atoms with Crippen LogP contribution in [0.4, 0.5) is 0 Å². The number of rotatable bonds is 6. The molecule has 2 heteroatoms. The lowest BCUT2D eigenvalue weighted by molar-refractivity contribution is -0.115. The molecule has 0 unspecified atom stereocenters. The molecular formula is C9H14O2. The summed E-state index contributed by atoms with van der Waals surface area (Å²) in [7, 11) is 0. The van der Waals surface area contributed by atoms with Crippen molar-refractivity contribution in [1.82, 2.24) is 0 Å². The van der Waals surface area contributed by atoms with Crippen LogP contribution in [0.25, 0.3) is 0 Å². The highest BCUT2D eigenvalue weighted by atomic mass is 16.1. The molecule has 0 fully saturated rings. The summed E-state index contributed by atoms with van der Waals surface area (Å²) in [6.07, 6.45) is 4.72. The summed E-state index contributed by atoms with van der Waals surface area (Å²) in [5.41, 5.74) is 0. The molecule has 0 saturated heterocycles. The van der Waals surface area contributed by atoms with Gasteiger partial charge in [-0.1, -0.05) is 19.8 Å². The largest absolute Gasteiger partial charge is 0.299 e. The second-order valence-corrected chi connectivity index (χ2v) is 2.33. The topological polar surface area (TPSA) is 34.1 Å². The zero-order chi connectivity index (χ0) is 9.40. The van der Waals surface area contributed by atoms with E-state index < -0.39 is 0 Å². The number of allylic oxidation sites excluding steroid dienone is 2. The monoisotopic (exact) mass is 155 g/mol. The van der Waals surface area contributed by atoms with E-state index in [1.54, 1.807) is 0 Å². The van der Waals surface area contributed by atoms with E-state index >= 15 is 0 Å². The Morgan fingerprint density at radius 1 is 1.55 bits per heavy atom. The van der Waals surface area contributed by atoms with Crippen molar-refractivity contribution < 1.29 is 11.0 Å². The number of aldehydes is 1. The van der Waals surface area contributed by atoms with Crippen LogP contribution in [0.3, 0.4) is 0 Å². The molecule has 0 rings (SSSR count). The number of hydrogen-bond acceptors (Lipinski definition) is 2. The van der Waals surface area contributed by atoms with Gasteiger partial charge in [-0.3, -0.25) is 9.59 Å². The summed E-state index contributed by atoms with van der Waals surface area (Å²) >= 11 is 0. The van der Waals surface area contributed by atoms with Crippen molar-refractivity contribution in [2.45, 2.75) is 32.6 Å². The molecule has 0 radical (unpaired) electrons. The van der Waals surface area contributed by atoms with E-state index in [-0.39, 0.29) is 11.8 Å². The van der Waals surface area contributed by atoms with Gasteiger partial charge in [0.15, 0.2) is 5.78 Å². The van der Waals surface area contributed by atoms with Crippen molar-refractivity contribution in [3.63, 3.8) is 0 Å². The fraction of sp³-hybridized carbons (Fsp3) is 0.556. The average Bonchev–Trinajstić information content (AvgIpc) is 2.05. The van der Waals surface area contributed by atoms with Gasteiger partial charge in [-0.05, 0) is 18.5 Å². The summed E-state index contributed by atoms with van der Waals surface area (Å²) < 4.78 is 7.09. The highest BCUT2D eigenvalue weighted by Crippen LogP contribution is 1.99. The smallest absolute Gasteiger partial charge is 0.155 e. The van der Waals surface area contributed by atoms with Gasteiger partial charge in [-0.25, -0.2) is 0 Å². The predicted octanol–water partition coefficient (Wildman–Crippen LogP) is 1.89. The summed E-state index contributed by atoms with van der Waals surface area (Å²) in [5.74, 6) is -0.240. The van der Waals surface area contributed by atoms with E-state index in [0.717, 1.165) is 25.3 Å². The van der Waals surface area contributed by atoms with Gasteiger partial charge in [0.2, 0.25) is 0 Å². The minimum absolute atomic E-state index is 0.180. The van der Waals surface area contributed by atoms with Crippen LogP contribution in [0.1, 0.15) is 34.0 Å². The third-order valence-electron chi connectivity index (χ3n) is 1.32. The van der Waals surface area contributed by atoms with Crippen LogP contribution in [0.15, 0.2) is 12.1 Å². The van der Waals surface area contributed by atoms with Gasteiger partial charge in [-0.2, -0.15) is 0 Å². The van der Waals surface area contributed by atoms with Crippen LogP contribution in [0.2, 0.25) is 0 Å². The van der Waals surface area contributed by atoms with E-state index in [4.69, 9.17) is 1.37 Å². The Balaban J connectivity index is 3.72. The second-order valence-electron chi connectivity index (χ2n) is 2.33. The number of hydrogen-bond donors (Lipinski definition) is 0. The first kappa shape index (κ1) is 8.18. The average molecular weight is 155 g/mol. The lowest BCUT2D eigenvalue weighted by Crippen LogP contribution is -1.91. The molecule has 0 spiro atoms. The molecule has 0 amide bonds. The fourth-order valence-electron chi connectivity index (χ4n) is 0.735.